The van der Waals surface area contributed by atoms with Crippen LogP contribution in [0.3, 0.4) is 0 Å². The second kappa shape index (κ2) is 6.89. The van der Waals surface area contributed by atoms with E-state index >= 15 is 0 Å². The number of amides is 2. The summed E-state index contributed by atoms with van der Waals surface area (Å²) in [5, 5.41) is 0. The lowest BCUT2D eigenvalue weighted by Crippen LogP contribution is -2.40. The van der Waals surface area contributed by atoms with E-state index in [1.807, 2.05) is 12.1 Å². The van der Waals surface area contributed by atoms with Gasteiger partial charge in [-0.05, 0) is 54.4 Å². The van der Waals surface area contributed by atoms with Crippen molar-refractivity contribution in [2.75, 3.05) is 11.5 Å². The van der Waals surface area contributed by atoms with Gasteiger partial charge in [-0.15, -0.1) is 0 Å². The number of nitrogens with zero attached hydrogens (tertiary/aromatic N) is 1. The van der Waals surface area contributed by atoms with Crippen LogP contribution < -0.4 is 9.64 Å². The maximum Gasteiger partial charge on any atom is 0.238 e. The van der Waals surface area contributed by atoms with Gasteiger partial charge in [-0.3, -0.25) is 14.4 Å². The Kier molecular flexibility index (Phi) is 4.22. The minimum atomic E-state index is -0.227. The SMILES string of the molecule is O=C(COc1cccc(N2C(=O)[C@@H]3[C@H]4C=C[C@H]([C@H]5C[C@H]45)[C@@H]3C2=O)c1)c1ccc(Br)cc1. The molecule has 4 aliphatic carbocycles. The number of rotatable bonds is 5. The molecule has 6 atom stereocenters. The molecule has 7 rings (SSSR count). The second-order valence-electron chi connectivity index (χ2n) is 8.88. The molecule has 0 unspecified atom stereocenters. The third kappa shape index (κ3) is 2.92. The van der Waals surface area contributed by atoms with Gasteiger partial charge in [0, 0.05) is 16.1 Å². The van der Waals surface area contributed by atoms with Crippen LogP contribution in [0.5, 0.6) is 5.75 Å². The molecule has 1 saturated heterocycles. The third-order valence-electron chi connectivity index (χ3n) is 7.27. The van der Waals surface area contributed by atoms with Crippen molar-refractivity contribution in [3.63, 3.8) is 0 Å². The number of carbonyl (C=O) groups excluding carboxylic acids is 3. The summed E-state index contributed by atoms with van der Waals surface area (Å²) in [5.41, 5.74) is 1.08. The van der Waals surface area contributed by atoms with Crippen molar-refractivity contribution in [2.45, 2.75) is 6.42 Å². The number of benzene rings is 2. The quantitative estimate of drug-likeness (QED) is 0.366. The highest BCUT2D eigenvalue weighted by Crippen LogP contribution is 2.65. The van der Waals surface area contributed by atoms with Gasteiger partial charge in [0.2, 0.25) is 11.8 Å². The van der Waals surface area contributed by atoms with E-state index in [-0.39, 0.29) is 47.9 Å². The molecule has 2 amide bonds. The summed E-state index contributed by atoms with van der Waals surface area (Å²) in [7, 11) is 0. The molecule has 2 saturated carbocycles. The Morgan fingerprint density at radius 1 is 0.968 bits per heavy atom. The van der Waals surface area contributed by atoms with Gasteiger partial charge in [-0.2, -0.15) is 0 Å². The normalized spacial score (nSPS) is 32.1. The first-order valence-electron chi connectivity index (χ1n) is 10.6. The molecule has 2 bridgehead atoms. The average molecular weight is 478 g/mol. The molecule has 0 aromatic heterocycles. The Hall–Kier alpha value is -2.73. The number of hydrogen-bond acceptors (Lipinski definition) is 4. The summed E-state index contributed by atoms with van der Waals surface area (Å²) in [6, 6.07) is 14.0. The highest BCUT2D eigenvalue weighted by Gasteiger charge is 2.67. The molecule has 2 aromatic rings. The minimum Gasteiger partial charge on any atom is -0.485 e. The van der Waals surface area contributed by atoms with Crippen LogP contribution in [-0.4, -0.2) is 24.2 Å². The fourth-order valence-electron chi connectivity index (χ4n) is 5.79. The van der Waals surface area contributed by atoms with E-state index in [1.54, 1.807) is 36.4 Å². The number of anilines is 1. The van der Waals surface area contributed by atoms with E-state index in [0.717, 1.165) is 10.9 Å². The zero-order chi connectivity index (χ0) is 21.3. The Morgan fingerprint density at radius 3 is 2.26 bits per heavy atom. The van der Waals surface area contributed by atoms with E-state index in [1.165, 1.54) is 4.90 Å². The van der Waals surface area contributed by atoms with Gasteiger partial charge in [-0.1, -0.05) is 46.3 Å². The number of halogens is 1. The summed E-state index contributed by atoms with van der Waals surface area (Å²) >= 11 is 3.35. The number of carbonyl (C=O) groups is 3. The monoisotopic (exact) mass is 477 g/mol. The first-order valence-corrected chi connectivity index (χ1v) is 11.4. The predicted molar refractivity (Wildman–Crippen MR) is 118 cm³/mol. The first-order chi connectivity index (χ1) is 15.0. The number of hydrogen-bond donors (Lipinski definition) is 0. The molecule has 6 heteroatoms. The van der Waals surface area contributed by atoms with Crippen molar-refractivity contribution in [1.82, 2.24) is 0 Å². The fourth-order valence-corrected chi connectivity index (χ4v) is 6.06. The predicted octanol–water partition coefficient (Wildman–Crippen LogP) is 4.27. The molecule has 1 heterocycles. The molecule has 0 spiro atoms. The zero-order valence-corrected chi connectivity index (χ0v) is 18.2. The Bertz CT molecular complexity index is 1100. The highest BCUT2D eigenvalue weighted by molar-refractivity contribution is 9.10. The lowest BCUT2D eigenvalue weighted by atomic mass is 9.63. The van der Waals surface area contributed by atoms with E-state index in [9.17, 15) is 14.4 Å². The van der Waals surface area contributed by atoms with Crippen molar-refractivity contribution in [3.8, 4) is 5.75 Å². The first kappa shape index (κ1) is 19.0. The lowest BCUT2D eigenvalue weighted by molar-refractivity contribution is -0.124. The van der Waals surface area contributed by atoms with Crippen LogP contribution in [-0.2, 0) is 9.59 Å². The van der Waals surface area contributed by atoms with E-state index in [2.05, 4.69) is 28.1 Å². The fraction of sp³-hybridized carbons (Fsp3) is 0.320. The molecular formula is C25H20BrNO4. The van der Waals surface area contributed by atoms with Crippen LogP contribution in [0.4, 0.5) is 5.69 Å². The van der Waals surface area contributed by atoms with Gasteiger partial charge in [-0.25, -0.2) is 4.90 Å². The van der Waals surface area contributed by atoms with E-state index < -0.39 is 0 Å². The Labute approximate surface area is 188 Å². The van der Waals surface area contributed by atoms with Crippen LogP contribution in [0.15, 0.2) is 65.2 Å². The molecule has 3 fully saturated rings. The molecule has 0 radical (unpaired) electrons. The summed E-state index contributed by atoms with van der Waals surface area (Å²) in [5.74, 6) is 1.23. The largest absolute Gasteiger partial charge is 0.485 e. The van der Waals surface area contributed by atoms with Crippen molar-refractivity contribution in [2.24, 2.45) is 35.5 Å². The van der Waals surface area contributed by atoms with E-state index in [0.29, 0.717) is 28.8 Å². The summed E-state index contributed by atoms with van der Waals surface area (Å²) in [6.07, 6.45) is 5.48. The lowest BCUT2D eigenvalue weighted by Gasteiger charge is -2.37. The van der Waals surface area contributed by atoms with Gasteiger partial charge >= 0.3 is 0 Å². The molecule has 0 N–H and O–H groups in total. The number of ether oxygens (including phenoxy) is 1. The number of allylic oxidation sites excluding steroid dienone is 2. The minimum absolute atomic E-state index is 0.0946. The molecule has 1 aliphatic heterocycles. The van der Waals surface area contributed by atoms with Gasteiger partial charge in [0.15, 0.2) is 12.4 Å². The molecule has 5 aliphatic rings. The summed E-state index contributed by atoms with van der Waals surface area (Å²) in [6.45, 7) is -0.115. The molecule has 156 valence electrons. The van der Waals surface area contributed by atoms with Gasteiger partial charge in [0.25, 0.3) is 0 Å². The van der Waals surface area contributed by atoms with E-state index in [4.69, 9.17) is 4.74 Å². The van der Waals surface area contributed by atoms with Crippen LogP contribution in [0.2, 0.25) is 0 Å². The standard InChI is InChI=1S/C25H20BrNO4/c26-14-6-4-13(5-7-14)21(28)12-31-16-3-1-2-15(10-16)27-24(29)22-17-8-9-18(20-11-19(17)20)23(22)25(27)30/h1-10,17-20,22-23H,11-12H2/t17-,18+,19-,20-,22+,23-/m1/s1. The second-order valence-corrected chi connectivity index (χ2v) is 9.80. The average Bonchev–Trinajstić information content (AvgIpc) is 3.56. The van der Waals surface area contributed by atoms with Gasteiger partial charge < -0.3 is 4.74 Å². The smallest absolute Gasteiger partial charge is 0.238 e. The zero-order valence-electron chi connectivity index (χ0n) is 16.6. The number of Topliss-reactive ketones (excluding diaryl/α,β-unsaturated/α-hetero) is 1. The van der Waals surface area contributed by atoms with Crippen molar-refractivity contribution in [3.05, 3.63) is 70.7 Å². The Morgan fingerprint density at radius 2 is 1.61 bits per heavy atom. The molecule has 5 nitrogen and oxygen atoms in total. The molecule has 31 heavy (non-hydrogen) atoms. The van der Waals surface area contributed by atoms with Gasteiger partial charge in [0.1, 0.15) is 5.75 Å². The van der Waals surface area contributed by atoms with Crippen molar-refractivity contribution < 1.29 is 19.1 Å². The maximum absolute atomic E-state index is 13.3. The highest BCUT2D eigenvalue weighted by atomic mass is 79.9. The molecular weight excluding hydrogens is 458 g/mol. The number of ketones is 1. The van der Waals surface area contributed by atoms with Crippen LogP contribution in [0, 0.1) is 35.5 Å². The summed E-state index contributed by atoms with van der Waals surface area (Å²) < 4.78 is 6.60. The van der Waals surface area contributed by atoms with Crippen LogP contribution >= 0.6 is 15.9 Å². The van der Waals surface area contributed by atoms with Gasteiger partial charge in [0.05, 0.1) is 17.5 Å². The number of imide groups is 1. The van der Waals surface area contributed by atoms with Crippen LogP contribution in [0.1, 0.15) is 16.8 Å². The van der Waals surface area contributed by atoms with Crippen molar-refractivity contribution in [1.29, 1.82) is 0 Å². The third-order valence-corrected chi connectivity index (χ3v) is 7.80. The van der Waals surface area contributed by atoms with Crippen molar-refractivity contribution >= 4 is 39.2 Å². The molecule has 2 aromatic carbocycles. The van der Waals surface area contributed by atoms with Crippen LogP contribution in [0.25, 0.3) is 0 Å². The summed E-state index contributed by atoms with van der Waals surface area (Å²) in [4.78, 5) is 40.3. The topological polar surface area (TPSA) is 63.7 Å². The maximum atomic E-state index is 13.3. The Balaban J connectivity index is 1.20.